The van der Waals surface area contributed by atoms with E-state index in [-0.39, 0.29) is 0 Å². The molecule has 3 heteroatoms. The lowest BCUT2D eigenvalue weighted by Gasteiger charge is -2.37. The zero-order chi connectivity index (χ0) is 21.7. The second kappa shape index (κ2) is 9.25. The number of rotatable bonds is 6. The van der Waals surface area contributed by atoms with E-state index in [4.69, 9.17) is 11.5 Å². The molecule has 4 rings (SSSR count). The molecule has 0 bridgehead atoms. The van der Waals surface area contributed by atoms with E-state index in [1.54, 1.807) is 6.20 Å². The molecule has 0 spiro atoms. The first-order valence-electron chi connectivity index (χ1n) is 10.4. The summed E-state index contributed by atoms with van der Waals surface area (Å²) in [5, 5.41) is 0. The van der Waals surface area contributed by atoms with E-state index >= 15 is 0 Å². The molecule has 2 nitrogen and oxygen atoms in total. The molecule has 0 amide bonds. The Labute approximate surface area is 186 Å². The maximum Gasteiger partial charge on any atom is 0.0198 e. The van der Waals surface area contributed by atoms with Crippen LogP contribution in [-0.4, -0.2) is 12.8 Å². The fourth-order valence-corrected chi connectivity index (χ4v) is 6.77. The molecule has 0 fully saturated rings. The second-order valence-electron chi connectivity index (χ2n) is 7.54. The van der Waals surface area contributed by atoms with Crippen molar-refractivity contribution >= 4 is 15.6 Å². The highest BCUT2D eigenvalue weighted by atomic mass is 32.3. The Morgan fingerprint density at radius 1 is 0.645 bits per heavy atom. The van der Waals surface area contributed by atoms with Crippen LogP contribution in [0.25, 0.3) is 16.7 Å². The average molecular weight is 425 g/mol. The van der Waals surface area contributed by atoms with Gasteiger partial charge in [0.1, 0.15) is 0 Å². The Morgan fingerprint density at radius 3 is 1.48 bits per heavy atom. The first kappa shape index (κ1) is 21.0. The van der Waals surface area contributed by atoms with Crippen LogP contribution < -0.4 is 11.5 Å². The minimum atomic E-state index is -1.33. The third-order valence-corrected chi connectivity index (χ3v) is 9.41. The number of benzene rings is 4. The topological polar surface area (TPSA) is 52.0 Å². The Kier molecular flexibility index (Phi) is 6.26. The second-order valence-corrected chi connectivity index (χ2v) is 10.8. The zero-order valence-corrected chi connectivity index (χ0v) is 18.6. The normalized spacial score (nSPS) is 12.5. The van der Waals surface area contributed by atoms with Crippen LogP contribution in [0.3, 0.4) is 0 Å². The Morgan fingerprint density at radius 2 is 1.06 bits per heavy atom. The van der Waals surface area contributed by atoms with Gasteiger partial charge in [0.15, 0.2) is 0 Å². The van der Waals surface area contributed by atoms with Crippen molar-refractivity contribution in [3.63, 3.8) is 0 Å². The number of hydrogen-bond acceptors (Lipinski definition) is 2. The molecule has 156 valence electrons. The van der Waals surface area contributed by atoms with Gasteiger partial charge < -0.3 is 11.5 Å². The highest BCUT2D eigenvalue weighted by Gasteiger charge is 2.25. The van der Waals surface area contributed by atoms with Crippen molar-refractivity contribution < 1.29 is 0 Å². The monoisotopic (exact) mass is 424 g/mol. The van der Waals surface area contributed by atoms with Crippen molar-refractivity contribution in [3.05, 3.63) is 121 Å². The number of nitrogens with two attached hydrogens (primary N) is 2. The fraction of sp³-hybridized carbons (Fsp3) is 0.0714. The largest absolute Gasteiger partial charge is 0.404 e. The molecule has 0 saturated carbocycles. The van der Waals surface area contributed by atoms with E-state index in [0.717, 1.165) is 11.1 Å². The molecule has 0 radical (unpaired) electrons. The molecule has 0 aliphatic carbocycles. The van der Waals surface area contributed by atoms with Crippen molar-refractivity contribution in [1.29, 1.82) is 0 Å². The lowest BCUT2D eigenvalue weighted by molar-refractivity contribution is 1.25. The van der Waals surface area contributed by atoms with Gasteiger partial charge in [0.2, 0.25) is 0 Å². The van der Waals surface area contributed by atoms with Gasteiger partial charge in [-0.1, -0.05) is 72.8 Å². The van der Waals surface area contributed by atoms with E-state index < -0.39 is 10.0 Å². The van der Waals surface area contributed by atoms with Crippen LogP contribution in [0.5, 0.6) is 0 Å². The van der Waals surface area contributed by atoms with E-state index in [1.165, 1.54) is 25.8 Å². The van der Waals surface area contributed by atoms with Crippen LogP contribution in [0.15, 0.2) is 130 Å². The van der Waals surface area contributed by atoms with Crippen molar-refractivity contribution in [3.8, 4) is 11.1 Å². The average Bonchev–Trinajstić information content (AvgIpc) is 2.86. The molecule has 31 heavy (non-hydrogen) atoms. The Bertz CT molecular complexity index is 1110. The molecule has 0 aliphatic rings. The van der Waals surface area contributed by atoms with E-state index in [2.05, 4.69) is 115 Å². The zero-order valence-electron chi connectivity index (χ0n) is 17.7. The van der Waals surface area contributed by atoms with E-state index in [1.807, 2.05) is 0 Å². The van der Waals surface area contributed by atoms with Gasteiger partial charge in [0.25, 0.3) is 0 Å². The molecule has 0 heterocycles. The highest BCUT2D eigenvalue weighted by molar-refractivity contribution is 8.33. The van der Waals surface area contributed by atoms with Gasteiger partial charge in [-0.2, -0.15) is 10.0 Å². The van der Waals surface area contributed by atoms with Crippen LogP contribution in [0.4, 0.5) is 0 Å². The Hall–Kier alpha value is -3.27. The summed E-state index contributed by atoms with van der Waals surface area (Å²) in [6.07, 6.45) is 3.97. The third kappa shape index (κ3) is 4.15. The molecular formula is C28H28N2S. The minimum absolute atomic E-state index is 0.435. The smallest absolute Gasteiger partial charge is 0.0198 e. The summed E-state index contributed by atoms with van der Waals surface area (Å²) in [4.78, 5) is 4.07. The third-order valence-electron chi connectivity index (χ3n) is 5.77. The van der Waals surface area contributed by atoms with Gasteiger partial charge in [0, 0.05) is 6.54 Å². The molecule has 0 unspecified atom stereocenters. The molecule has 0 aliphatic heterocycles. The molecule has 4 N–H and O–H groups in total. The summed E-state index contributed by atoms with van der Waals surface area (Å²) in [6.45, 7) is 0.435. The quantitative estimate of drug-likeness (QED) is 0.370. The predicted octanol–water partition coefficient (Wildman–Crippen LogP) is 6.52. The summed E-state index contributed by atoms with van der Waals surface area (Å²) < 4.78 is 0. The van der Waals surface area contributed by atoms with Crippen molar-refractivity contribution in [2.24, 2.45) is 11.5 Å². The van der Waals surface area contributed by atoms with Gasteiger partial charge in [-0.05, 0) is 85.8 Å². The maximum absolute atomic E-state index is 5.77. The Balaban J connectivity index is 1.72. The summed E-state index contributed by atoms with van der Waals surface area (Å²) in [6, 6.07) is 39.1. The molecule has 0 saturated heterocycles. The van der Waals surface area contributed by atoms with Crippen molar-refractivity contribution in [2.45, 2.75) is 14.7 Å². The van der Waals surface area contributed by atoms with Crippen LogP contribution in [0.1, 0.15) is 5.56 Å². The molecule has 0 aromatic heterocycles. The van der Waals surface area contributed by atoms with E-state index in [9.17, 15) is 0 Å². The predicted molar refractivity (Wildman–Crippen MR) is 134 cm³/mol. The van der Waals surface area contributed by atoms with Gasteiger partial charge in [-0.15, -0.1) is 0 Å². The summed E-state index contributed by atoms with van der Waals surface area (Å²) >= 11 is 0. The minimum Gasteiger partial charge on any atom is -0.404 e. The molecule has 4 aromatic rings. The van der Waals surface area contributed by atoms with Gasteiger partial charge >= 0.3 is 0 Å². The van der Waals surface area contributed by atoms with Crippen LogP contribution in [0.2, 0.25) is 0 Å². The van der Waals surface area contributed by atoms with Crippen LogP contribution in [0, 0.1) is 0 Å². The van der Waals surface area contributed by atoms with Gasteiger partial charge in [-0.25, -0.2) is 0 Å². The summed E-state index contributed by atoms with van der Waals surface area (Å²) in [7, 11) is -1.33. The van der Waals surface area contributed by atoms with Crippen LogP contribution in [-0.2, 0) is 0 Å². The summed E-state index contributed by atoms with van der Waals surface area (Å²) in [5.74, 6) is 0. The van der Waals surface area contributed by atoms with Gasteiger partial charge in [-0.3, -0.25) is 0 Å². The first-order valence-corrected chi connectivity index (χ1v) is 12.4. The van der Waals surface area contributed by atoms with Crippen molar-refractivity contribution in [2.75, 3.05) is 12.8 Å². The van der Waals surface area contributed by atoms with Crippen molar-refractivity contribution in [1.82, 2.24) is 0 Å². The van der Waals surface area contributed by atoms with Gasteiger partial charge in [0.05, 0.1) is 0 Å². The fourth-order valence-electron chi connectivity index (χ4n) is 3.87. The lowest BCUT2D eigenvalue weighted by Crippen LogP contribution is -2.04. The lowest BCUT2D eigenvalue weighted by atomic mass is 10.0. The molecule has 0 atom stereocenters. The first-order chi connectivity index (χ1) is 15.2. The summed E-state index contributed by atoms with van der Waals surface area (Å²) in [5.41, 5.74) is 15.8. The SMILES string of the molecule is CS(c1ccccc1)(c1ccccc1)c1ccc(-c2ccc(/C(=C/N)CN)cc2)cc1. The number of hydrogen-bond donors (Lipinski definition) is 2. The maximum atomic E-state index is 5.77. The molecular weight excluding hydrogens is 396 g/mol. The van der Waals surface area contributed by atoms with Crippen LogP contribution >= 0.6 is 10.0 Å². The van der Waals surface area contributed by atoms with E-state index in [0.29, 0.717) is 6.54 Å². The molecule has 4 aromatic carbocycles. The highest BCUT2D eigenvalue weighted by Crippen LogP contribution is 2.65. The standard InChI is InChI=1S/C28H28N2S/c1-31(26-8-4-2-5-9-26,27-10-6-3-7-11-27)28-18-16-23(17-19-28)22-12-14-24(15-13-22)25(20-29)21-30/h2-20H,21,29-30H2,1H3/b25-20+.